The zero-order valence-corrected chi connectivity index (χ0v) is 9.83. The van der Waals surface area contributed by atoms with E-state index in [0.717, 1.165) is 26.1 Å². The summed E-state index contributed by atoms with van der Waals surface area (Å²) in [6.45, 7) is 7.33. The highest BCUT2D eigenvalue weighted by Gasteiger charge is 2.35. The normalized spacial score (nSPS) is 31.5. The molecular weight excluding hydrogens is 188 g/mol. The van der Waals surface area contributed by atoms with Gasteiger partial charge in [0, 0.05) is 19.1 Å². The van der Waals surface area contributed by atoms with Crippen molar-refractivity contribution in [2.24, 2.45) is 11.8 Å². The molecule has 2 aliphatic rings. The van der Waals surface area contributed by atoms with Gasteiger partial charge in [-0.3, -0.25) is 4.79 Å². The molecule has 2 saturated heterocycles. The Balaban J connectivity index is 1.99. The van der Waals surface area contributed by atoms with E-state index < -0.39 is 0 Å². The lowest BCUT2D eigenvalue weighted by Gasteiger charge is -2.29. The second kappa shape index (κ2) is 4.52. The summed E-state index contributed by atoms with van der Waals surface area (Å²) in [6.07, 6.45) is 3.42. The van der Waals surface area contributed by atoms with Gasteiger partial charge in [-0.05, 0) is 31.7 Å². The van der Waals surface area contributed by atoms with Crippen molar-refractivity contribution < 1.29 is 4.79 Å². The molecule has 0 spiro atoms. The summed E-state index contributed by atoms with van der Waals surface area (Å²) in [5.41, 5.74) is 0. The third-order valence-electron chi connectivity index (χ3n) is 3.76. The first kappa shape index (κ1) is 10.9. The Morgan fingerprint density at radius 1 is 1.40 bits per heavy atom. The summed E-state index contributed by atoms with van der Waals surface area (Å²) >= 11 is 0. The first-order valence-electron chi connectivity index (χ1n) is 6.21. The van der Waals surface area contributed by atoms with Gasteiger partial charge in [0.2, 0.25) is 5.91 Å². The number of nitrogens with one attached hydrogen (secondary N) is 1. The molecule has 1 amide bonds. The van der Waals surface area contributed by atoms with Crippen LogP contribution in [0.2, 0.25) is 0 Å². The lowest BCUT2D eigenvalue weighted by molar-refractivity contribution is -0.136. The number of likely N-dealkylation sites (tertiary alicyclic amines) is 1. The average molecular weight is 210 g/mol. The van der Waals surface area contributed by atoms with Crippen molar-refractivity contribution >= 4 is 5.91 Å². The van der Waals surface area contributed by atoms with Crippen LogP contribution in [-0.2, 0) is 4.79 Å². The van der Waals surface area contributed by atoms with E-state index in [4.69, 9.17) is 0 Å². The number of rotatable bonds is 2. The number of amides is 1. The molecule has 2 heterocycles. The van der Waals surface area contributed by atoms with Crippen LogP contribution in [0.5, 0.6) is 0 Å². The molecule has 0 bridgehead atoms. The molecule has 3 heteroatoms. The van der Waals surface area contributed by atoms with Crippen molar-refractivity contribution in [3.63, 3.8) is 0 Å². The van der Waals surface area contributed by atoms with E-state index in [-0.39, 0.29) is 5.92 Å². The lowest BCUT2D eigenvalue weighted by atomic mass is 10.00. The minimum atomic E-state index is 0.254. The third-order valence-corrected chi connectivity index (χ3v) is 3.76. The molecule has 2 aliphatic heterocycles. The SMILES string of the molecule is CC(C)C1CCCN1C(=O)C1CCNC1. The summed E-state index contributed by atoms with van der Waals surface area (Å²) < 4.78 is 0. The van der Waals surface area contributed by atoms with E-state index >= 15 is 0 Å². The van der Waals surface area contributed by atoms with Gasteiger partial charge in [0.1, 0.15) is 0 Å². The highest BCUT2D eigenvalue weighted by Crippen LogP contribution is 2.26. The maximum Gasteiger partial charge on any atom is 0.227 e. The number of hydrogen-bond acceptors (Lipinski definition) is 2. The number of carbonyl (C=O) groups is 1. The highest BCUT2D eigenvalue weighted by molar-refractivity contribution is 5.80. The molecule has 2 atom stereocenters. The first-order chi connectivity index (χ1) is 7.20. The Bertz CT molecular complexity index is 234. The quantitative estimate of drug-likeness (QED) is 0.744. The van der Waals surface area contributed by atoms with Crippen molar-refractivity contribution in [2.45, 2.75) is 39.2 Å². The first-order valence-corrected chi connectivity index (χ1v) is 6.21. The van der Waals surface area contributed by atoms with Crippen molar-refractivity contribution in [3.8, 4) is 0 Å². The van der Waals surface area contributed by atoms with Crippen LogP contribution in [0.4, 0.5) is 0 Å². The summed E-state index contributed by atoms with van der Waals surface area (Å²) in [5.74, 6) is 1.26. The second-order valence-electron chi connectivity index (χ2n) is 5.17. The summed E-state index contributed by atoms with van der Waals surface area (Å²) in [6, 6.07) is 0.498. The maximum atomic E-state index is 12.2. The van der Waals surface area contributed by atoms with Crippen molar-refractivity contribution in [3.05, 3.63) is 0 Å². The van der Waals surface area contributed by atoms with Gasteiger partial charge in [0.25, 0.3) is 0 Å². The van der Waals surface area contributed by atoms with E-state index in [1.807, 2.05) is 0 Å². The lowest BCUT2D eigenvalue weighted by Crippen LogP contribution is -2.42. The fourth-order valence-electron chi connectivity index (χ4n) is 2.86. The van der Waals surface area contributed by atoms with Crippen molar-refractivity contribution in [1.82, 2.24) is 10.2 Å². The minimum absolute atomic E-state index is 0.254. The highest BCUT2D eigenvalue weighted by atomic mass is 16.2. The second-order valence-corrected chi connectivity index (χ2v) is 5.17. The molecule has 1 N–H and O–H groups in total. The van der Waals surface area contributed by atoms with Gasteiger partial charge < -0.3 is 10.2 Å². The van der Waals surface area contributed by atoms with Gasteiger partial charge in [-0.2, -0.15) is 0 Å². The molecule has 15 heavy (non-hydrogen) atoms. The monoisotopic (exact) mass is 210 g/mol. The van der Waals surface area contributed by atoms with Crippen molar-refractivity contribution in [1.29, 1.82) is 0 Å². The molecule has 0 saturated carbocycles. The predicted octanol–water partition coefficient (Wildman–Crippen LogP) is 1.24. The molecule has 2 rings (SSSR count). The van der Waals surface area contributed by atoms with Crippen LogP contribution in [0, 0.1) is 11.8 Å². The van der Waals surface area contributed by atoms with E-state index in [1.54, 1.807) is 0 Å². The Morgan fingerprint density at radius 3 is 2.80 bits per heavy atom. The Hall–Kier alpha value is -0.570. The Morgan fingerprint density at radius 2 is 2.20 bits per heavy atom. The maximum absolute atomic E-state index is 12.2. The fourth-order valence-corrected chi connectivity index (χ4v) is 2.86. The van der Waals surface area contributed by atoms with Crippen LogP contribution >= 0.6 is 0 Å². The number of hydrogen-bond donors (Lipinski definition) is 1. The smallest absolute Gasteiger partial charge is 0.227 e. The van der Waals surface area contributed by atoms with Crippen LogP contribution in [0.25, 0.3) is 0 Å². The van der Waals surface area contributed by atoms with Gasteiger partial charge in [-0.15, -0.1) is 0 Å². The summed E-state index contributed by atoms with van der Waals surface area (Å²) in [4.78, 5) is 14.4. The molecular formula is C12H22N2O. The topological polar surface area (TPSA) is 32.3 Å². The summed E-state index contributed by atoms with van der Waals surface area (Å²) in [7, 11) is 0. The van der Waals surface area contributed by atoms with Crippen LogP contribution in [0.3, 0.4) is 0 Å². The van der Waals surface area contributed by atoms with Gasteiger partial charge in [0.05, 0.1) is 5.92 Å². The standard InChI is InChI=1S/C12H22N2O/c1-9(2)11-4-3-7-14(11)12(15)10-5-6-13-8-10/h9-11,13H,3-8H2,1-2H3. The zero-order chi connectivity index (χ0) is 10.8. The van der Waals surface area contributed by atoms with E-state index in [1.165, 1.54) is 12.8 Å². The van der Waals surface area contributed by atoms with E-state index in [2.05, 4.69) is 24.1 Å². The molecule has 2 unspecified atom stereocenters. The largest absolute Gasteiger partial charge is 0.339 e. The van der Waals surface area contributed by atoms with Crippen LogP contribution in [-0.4, -0.2) is 36.5 Å². The zero-order valence-electron chi connectivity index (χ0n) is 9.83. The summed E-state index contributed by atoms with van der Waals surface area (Å²) in [5, 5.41) is 3.27. The van der Waals surface area contributed by atoms with Gasteiger partial charge >= 0.3 is 0 Å². The van der Waals surface area contributed by atoms with Gasteiger partial charge in [0.15, 0.2) is 0 Å². The fraction of sp³-hybridized carbons (Fsp3) is 0.917. The van der Waals surface area contributed by atoms with Gasteiger partial charge in [-0.25, -0.2) is 0 Å². The molecule has 86 valence electrons. The molecule has 2 fully saturated rings. The average Bonchev–Trinajstić information content (AvgIpc) is 2.88. The molecule has 0 aliphatic carbocycles. The molecule has 0 aromatic carbocycles. The minimum Gasteiger partial charge on any atom is -0.339 e. The molecule has 3 nitrogen and oxygen atoms in total. The van der Waals surface area contributed by atoms with E-state index in [0.29, 0.717) is 17.9 Å². The molecule has 0 radical (unpaired) electrons. The number of carbonyl (C=O) groups excluding carboxylic acids is 1. The van der Waals surface area contributed by atoms with E-state index in [9.17, 15) is 4.79 Å². The van der Waals surface area contributed by atoms with Crippen LogP contribution in [0.1, 0.15) is 33.1 Å². The van der Waals surface area contributed by atoms with Crippen molar-refractivity contribution in [2.75, 3.05) is 19.6 Å². The van der Waals surface area contributed by atoms with Crippen LogP contribution in [0.15, 0.2) is 0 Å². The predicted molar refractivity (Wildman–Crippen MR) is 60.5 cm³/mol. The number of nitrogens with zero attached hydrogens (tertiary/aromatic N) is 1. The third kappa shape index (κ3) is 2.17. The molecule has 0 aromatic rings. The van der Waals surface area contributed by atoms with Gasteiger partial charge in [-0.1, -0.05) is 13.8 Å². The molecule has 0 aromatic heterocycles. The van der Waals surface area contributed by atoms with Crippen LogP contribution < -0.4 is 5.32 Å². The Labute approximate surface area is 92.2 Å². The Kier molecular flexibility index (Phi) is 3.29.